The number of phenols is 1. The van der Waals surface area contributed by atoms with Crippen LogP contribution in [-0.4, -0.2) is 16.7 Å². The van der Waals surface area contributed by atoms with Gasteiger partial charge < -0.3 is 9.84 Å². The summed E-state index contributed by atoms with van der Waals surface area (Å²) < 4.78 is 5.71. The van der Waals surface area contributed by atoms with Gasteiger partial charge in [0.15, 0.2) is 11.6 Å². The van der Waals surface area contributed by atoms with E-state index in [1.54, 1.807) is 84.9 Å². The zero-order chi connectivity index (χ0) is 21.8. The van der Waals surface area contributed by atoms with Gasteiger partial charge in [-0.25, -0.2) is 0 Å². The molecule has 4 rings (SSSR count). The fraction of sp³-hybridized carbons (Fsp3) is 0.0370. The van der Waals surface area contributed by atoms with Gasteiger partial charge >= 0.3 is 0 Å². The van der Waals surface area contributed by atoms with Crippen LogP contribution in [0, 0.1) is 6.92 Å². The second-order valence-corrected chi connectivity index (χ2v) is 7.22. The zero-order valence-electron chi connectivity index (χ0n) is 16.9. The van der Waals surface area contributed by atoms with Crippen molar-refractivity contribution in [3.63, 3.8) is 0 Å². The van der Waals surface area contributed by atoms with Crippen molar-refractivity contribution in [1.82, 2.24) is 0 Å². The van der Waals surface area contributed by atoms with Gasteiger partial charge in [0, 0.05) is 22.3 Å². The summed E-state index contributed by atoms with van der Waals surface area (Å²) in [5, 5.41) is 9.33. The molecule has 0 aliphatic carbocycles. The molecule has 0 saturated carbocycles. The summed E-state index contributed by atoms with van der Waals surface area (Å²) in [5.74, 6) is 1.13. The molecule has 0 bridgehead atoms. The van der Waals surface area contributed by atoms with E-state index in [2.05, 4.69) is 0 Å². The molecule has 152 valence electrons. The summed E-state index contributed by atoms with van der Waals surface area (Å²) in [6, 6.07) is 27.3. The highest BCUT2D eigenvalue weighted by Crippen LogP contribution is 2.24. The number of aromatic hydroxyl groups is 1. The van der Waals surface area contributed by atoms with E-state index in [4.69, 9.17) is 4.74 Å². The second-order valence-electron chi connectivity index (χ2n) is 7.22. The molecule has 4 heteroatoms. The van der Waals surface area contributed by atoms with Crippen LogP contribution in [0.1, 0.15) is 37.4 Å². The van der Waals surface area contributed by atoms with Crippen molar-refractivity contribution in [3.8, 4) is 17.2 Å². The normalized spacial score (nSPS) is 10.5. The van der Waals surface area contributed by atoms with E-state index in [9.17, 15) is 14.7 Å². The molecule has 0 radical (unpaired) electrons. The van der Waals surface area contributed by atoms with Crippen molar-refractivity contribution in [1.29, 1.82) is 0 Å². The fourth-order valence-corrected chi connectivity index (χ4v) is 3.14. The lowest BCUT2D eigenvalue weighted by Crippen LogP contribution is -2.04. The van der Waals surface area contributed by atoms with Crippen LogP contribution >= 0.6 is 0 Å². The van der Waals surface area contributed by atoms with Crippen LogP contribution in [0.5, 0.6) is 17.2 Å². The number of rotatable bonds is 6. The van der Waals surface area contributed by atoms with Gasteiger partial charge in [-0.2, -0.15) is 0 Å². The third kappa shape index (κ3) is 4.70. The Balaban J connectivity index is 1.45. The van der Waals surface area contributed by atoms with Gasteiger partial charge in [0.2, 0.25) is 0 Å². The molecule has 1 N–H and O–H groups in total. The minimum atomic E-state index is -0.134. The Labute approximate surface area is 180 Å². The maximum absolute atomic E-state index is 12.8. The summed E-state index contributed by atoms with van der Waals surface area (Å²) in [6.45, 7) is 1.97. The van der Waals surface area contributed by atoms with Crippen molar-refractivity contribution >= 4 is 11.6 Å². The summed E-state index contributed by atoms with van der Waals surface area (Å²) >= 11 is 0. The summed E-state index contributed by atoms with van der Waals surface area (Å²) in [7, 11) is 0. The summed E-state index contributed by atoms with van der Waals surface area (Å²) in [4.78, 5) is 25.4. The van der Waals surface area contributed by atoms with E-state index in [1.165, 1.54) is 0 Å². The molecule has 0 spiro atoms. The Morgan fingerprint density at radius 2 is 0.871 bits per heavy atom. The first-order chi connectivity index (χ1) is 15.0. The van der Waals surface area contributed by atoms with E-state index < -0.39 is 0 Å². The number of carbonyl (C=O) groups excluding carboxylic acids is 2. The van der Waals surface area contributed by atoms with Gasteiger partial charge in [-0.05, 0) is 55.5 Å². The number of hydrogen-bond acceptors (Lipinski definition) is 4. The van der Waals surface area contributed by atoms with E-state index in [-0.39, 0.29) is 17.3 Å². The lowest BCUT2D eigenvalue weighted by atomic mass is 9.98. The monoisotopic (exact) mass is 408 g/mol. The highest BCUT2D eigenvalue weighted by atomic mass is 16.5. The summed E-state index contributed by atoms with van der Waals surface area (Å²) in [6.07, 6.45) is 0. The van der Waals surface area contributed by atoms with Crippen molar-refractivity contribution in [2.45, 2.75) is 6.92 Å². The van der Waals surface area contributed by atoms with Crippen LogP contribution < -0.4 is 4.74 Å². The smallest absolute Gasteiger partial charge is 0.193 e. The number of hydrogen-bond donors (Lipinski definition) is 1. The number of phenolic OH excluding ortho intramolecular Hbond substituents is 1. The molecular weight excluding hydrogens is 388 g/mol. The van der Waals surface area contributed by atoms with Crippen molar-refractivity contribution in [3.05, 3.63) is 125 Å². The maximum Gasteiger partial charge on any atom is 0.193 e. The van der Waals surface area contributed by atoms with E-state index in [0.717, 1.165) is 5.56 Å². The van der Waals surface area contributed by atoms with E-state index in [0.29, 0.717) is 33.8 Å². The standard InChI is InChI=1S/C27H20O4/c1-18-2-4-19(5-3-18)26(29)20-6-8-21(9-7-20)27(30)22-10-14-24(15-11-22)31-25-16-12-23(28)13-17-25/h2-17,28H,1H3. The van der Waals surface area contributed by atoms with Crippen molar-refractivity contribution in [2.24, 2.45) is 0 Å². The van der Waals surface area contributed by atoms with Gasteiger partial charge in [0.25, 0.3) is 0 Å². The Bertz CT molecular complexity index is 1200. The summed E-state index contributed by atoms with van der Waals surface area (Å²) in [5.41, 5.74) is 3.28. The lowest BCUT2D eigenvalue weighted by molar-refractivity contribution is 0.102. The zero-order valence-corrected chi connectivity index (χ0v) is 16.9. The molecule has 0 heterocycles. The Morgan fingerprint density at radius 3 is 1.29 bits per heavy atom. The highest BCUT2D eigenvalue weighted by molar-refractivity contribution is 6.11. The molecule has 4 aromatic rings. The molecule has 0 fully saturated rings. The van der Waals surface area contributed by atoms with Gasteiger partial charge in [-0.1, -0.05) is 54.1 Å². The predicted molar refractivity (Wildman–Crippen MR) is 119 cm³/mol. The van der Waals surface area contributed by atoms with E-state index >= 15 is 0 Å². The molecule has 31 heavy (non-hydrogen) atoms. The van der Waals surface area contributed by atoms with Crippen molar-refractivity contribution < 1.29 is 19.4 Å². The molecule has 0 unspecified atom stereocenters. The predicted octanol–water partition coefficient (Wildman–Crippen LogP) is 5.95. The number of carbonyl (C=O) groups is 2. The van der Waals surface area contributed by atoms with Crippen LogP contribution in [0.2, 0.25) is 0 Å². The van der Waals surface area contributed by atoms with Crippen LogP contribution in [0.15, 0.2) is 97.1 Å². The maximum atomic E-state index is 12.8. The lowest BCUT2D eigenvalue weighted by Gasteiger charge is -2.07. The SMILES string of the molecule is Cc1ccc(C(=O)c2ccc(C(=O)c3ccc(Oc4ccc(O)cc4)cc3)cc2)cc1. The third-order valence-corrected chi connectivity index (χ3v) is 4.91. The molecular formula is C27H20O4. The molecule has 0 saturated heterocycles. The third-order valence-electron chi connectivity index (χ3n) is 4.91. The van der Waals surface area contributed by atoms with Gasteiger partial charge in [-0.3, -0.25) is 9.59 Å². The first kappa shape index (κ1) is 20.1. The molecule has 4 aromatic carbocycles. The van der Waals surface area contributed by atoms with Gasteiger partial charge in [-0.15, -0.1) is 0 Å². The first-order valence-corrected chi connectivity index (χ1v) is 9.83. The van der Waals surface area contributed by atoms with Gasteiger partial charge in [0.1, 0.15) is 17.2 Å². The van der Waals surface area contributed by atoms with Crippen LogP contribution in [0.25, 0.3) is 0 Å². The minimum absolute atomic E-state index is 0.0743. The molecule has 4 nitrogen and oxygen atoms in total. The van der Waals surface area contributed by atoms with Crippen LogP contribution in [0.4, 0.5) is 0 Å². The molecule has 0 aliphatic rings. The number of aryl methyl sites for hydroxylation is 1. The largest absolute Gasteiger partial charge is 0.508 e. The average Bonchev–Trinajstić information content (AvgIpc) is 2.81. The molecule has 0 amide bonds. The number of ketones is 2. The van der Waals surface area contributed by atoms with Crippen molar-refractivity contribution in [2.75, 3.05) is 0 Å². The molecule has 0 aromatic heterocycles. The van der Waals surface area contributed by atoms with E-state index in [1.807, 2.05) is 19.1 Å². The highest BCUT2D eigenvalue weighted by Gasteiger charge is 2.13. The Kier molecular flexibility index (Phi) is 5.63. The number of benzene rings is 4. The minimum Gasteiger partial charge on any atom is -0.508 e. The quantitative estimate of drug-likeness (QED) is 0.400. The Morgan fingerprint density at radius 1 is 0.548 bits per heavy atom. The molecule has 0 atom stereocenters. The fourth-order valence-electron chi connectivity index (χ4n) is 3.14. The van der Waals surface area contributed by atoms with Gasteiger partial charge in [0.05, 0.1) is 0 Å². The van der Waals surface area contributed by atoms with Crippen LogP contribution in [-0.2, 0) is 0 Å². The number of ether oxygens (including phenoxy) is 1. The Hall–Kier alpha value is -4.18. The van der Waals surface area contributed by atoms with Crippen LogP contribution in [0.3, 0.4) is 0 Å². The first-order valence-electron chi connectivity index (χ1n) is 9.83. The second kappa shape index (κ2) is 8.67. The average molecular weight is 408 g/mol. The topological polar surface area (TPSA) is 63.6 Å². The molecule has 0 aliphatic heterocycles.